The van der Waals surface area contributed by atoms with Gasteiger partial charge in [-0.25, -0.2) is 4.98 Å². The molecule has 104 valence electrons. The van der Waals surface area contributed by atoms with Crippen molar-refractivity contribution >= 4 is 26.7 Å². The van der Waals surface area contributed by atoms with Crippen LogP contribution in [-0.2, 0) is 6.54 Å². The molecule has 3 nitrogen and oxygen atoms in total. The van der Waals surface area contributed by atoms with Crippen molar-refractivity contribution in [3.63, 3.8) is 0 Å². The van der Waals surface area contributed by atoms with Gasteiger partial charge in [0.2, 0.25) is 0 Å². The van der Waals surface area contributed by atoms with Crippen molar-refractivity contribution in [2.45, 2.75) is 19.6 Å². The number of alkyl halides is 3. The molecule has 1 aromatic carbocycles. The van der Waals surface area contributed by atoms with Crippen LogP contribution in [0, 0.1) is 0 Å². The first-order valence-corrected chi connectivity index (χ1v) is 6.63. The topological polar surface area (TPSA) is 42.2 Å². The summed E-state index contributed by atoms with van der Waals surface area (Å²) in [7, 11) is 0. The predicted molar refractivity (Wildman–Crippen MR) is 71.0 cm³/mol. The number of thiazole rings is 1. The summed E-state index contributed by atoms with van der Waals surface area (Å²) >= 11 is 1.34. The van der Waals surface area contributed by atoms with Gasteiger partial charge in [0.15, 0.2) is 5.13 Å². The molecule has 0 amide bonds. The molecule has 1 aromatic heterocycles. The summed E-state index contributed by atoms with van der Waals surface area (Å²) in [4.78, 5) is 5.47. The monoisotopic (exact) mass is 289 g/mol. The molecule has 0 aliphatic heterocycles. The molecule has 19 heavy (non-hydrogen) atoms. The standard InChI is InChI=1S/C12H14F3N3S/c1-2-18(7-12(13,14)15)6-8-3-4-9-10(5-8)19-11(16)17-9/h3-5H,2,6-7H2,1H3,(H2,16,17). The third-order valence-corrected chi connectivity index (χ3v) is 3.57. The number of nitrogens with two attached hydrogens (primary N) is 1. The Morgan fingerprint density at radius 1 is 1.37 bits per heavy atom. The molecule has 2 N–H and O–H groups in total. The molecular formula is C12H14F3N3S. The van der Waals surface area contributed by atoms with Crippen molar-refractivity contribution in [3.8, 4) is 0 Å². The number of fused-ring (bicyclic) bond motifs is 1. The molecule has 0 bridgehead atoms. The Morgan fingerprint density at radius 3 is 2.74 bits per heavy atom. The highest BCUT2D eigenvalue weighted by atomic mass is 32.1. The van der Waals surface area contributed by atoms with E-state index in [0.29, 0.717) is 11.7 Å². The lowest BCUT2D eigenvalue weighted by atomic mass is 10.2. The molecule has 0 saturated heterocycles. The van der Waals surface area contributed by atoms with Gasteiger partial charge < -0.3 is 5.73 Å². The molecule has 2 rings (SSSR count). The van der Waals surface area contributed by atoms with Crippen LogP contribution in [0.2, 0.25) is 0 Å². The van der Waals surface area contributed by atoms with E-state index in [4.69, 9.17) is 5.73 Å². The van der Waals surface area contributed by atoms with Gasteiger partial charge in [0.05, 0.1) is 16.8 Å². The van der Waals surface area contributed by atoms with Crippen LogP contribution in [0.3, 0.4) is 0 Å². The minimum absolute atomic E-state index is 0.268. The first-order valence-electron chi connectivity index (χ1n) is 5.81. The molecule has 0 aliphatic rings. The fourth-order valence-corrected chi connectivity index (χ4v) is 2.67. The second-order valence-electron chi connectivity index (χ2n) is 4.27. The van der Waals surface area contributed by atoms with Gasteiger partial charge in [-0.05, 0) is 24.2 Å². The average molecular weight is 289 g/mol. The van der Waals surface area contributed by atoms with E-state index in [0.717, 1.165) is 15.8 Å². The van der Waals surface area contributed by atoms with Crippen molar-refractivity contribution in [1.29, 1.82) is 0 Å². The van der Waals surface area contributed by atoms with Crippen molar-refractivity contribution in [2.75, 3.05) is 18.8 Å². The average Bonchev–Trinajstić information content (AvgIpc) is 2.65. The molecule has 2 aromatic rings. The van der Waals surface area contributed by atoms with E-state index in [9.17, 15) is 13.2 Å². The fourth-order valence-electron chi connectivity index (χ4n) is 1.88. The van der Waals surface area contributed by atoms with Crippen LogP contribution in [0.4, 0.5) is 18.3 Å². The van der Waals surface area contributed by atoms with Crippen LogP contribution < -0.4 is 5.73 Å². The number of nitrogens with zero attached hydrogens (tertiary/aromatic N) is 2. The second-order valence-corrected chi connectivity index (χ2v) is 5.33. The normalized spacial score (nSPS) is 12.5. The maximum absolute atomic E-state index is 12.4. The van der Waals surface area contributed by atoms with E-state index >= 15 is 0 Å². The van der Waals surface area contributed by atoms with Gasteiger partial charge in [0, 0.05) is 6.54 Å². The van der Waals surface area contributed by atoms with Crippen LogP contribution >= 0.6 is 11.3 Å². The lowest BCUT2D eigenvalue weighted by Crippen LogP contribution is -2.33. The van der Waals surface area contributed by atoms with E-state index in [1.165, 1.54) is 16.2 Å². The van der Waals surface area contributed by atoms with Crippen LogP contribution in [-0.4, -0.2) is 29.1 Å². The summed E-state index contributed by atoms with van der Waals surface area (Å²) < 4.78 is 38.1. The Bertz CT molecular complexity index is 565. The molecule has 1 heterocycles. The van der Waals surface area contributed by atoms with Gasteiger partial charge in [-0.3, -0.25) is 4.90 Å². The Hall–Kier alpha value is -1.34. The number of benzene rings is 1. The van der Waals surface area contributed by atoms with Crippen molar-refractivity contribution in [1.82, 2.24) is 9.88 Å². The summed E-state index contributed by atoms with van der Waals surface area (Å²) in [5, 5.41) is 0.467. The molecule has 0 fully saturated rings. The fraction of sp³-hybridized carbons (Fsp3) is 0.417. The van der Waals surface area contributed by atoms with Gasteiger partial charge >= 0.3 is 6.18 Å². The second kappa shape index (κ2) is 5.34. The highest BCUT2D eigenvalue weighted by Crippen LogP contribution is 2.25. The summed E-state index contributed by atoms with van der Waals surface area (Å²) in [6.07, 6.45) is -4.17. The van der Waals surface area contributed by atoms with Crippen LogP contribution in [0.25, 0.3) is 10.2 Å². The number of aromatic nitrogens is 1. The molecule has 0 atom stereocenters. The van der Waals surface area contributed by atoms with Crippen molar-refractivity contribution in [2.24, 2.45) is 0 Å². The minimum atomic E-state index is -4.17. The Balaban J connectivity index is 2.14. The number of anilines is 1. The Labute approximate surface area is 112 Å². The van der Waals surface area contributed by atoms with Crippen LogP contribution in [0.5, 0.6) is 0 Å². The number of hydrogen-bond acceptors (Lipinski definition) is 4. The zero-order valence-electron chi connectivity index (χ0n) is 10.4. The van der Waals surface area contributed by atoms with E-state index in [-0.39, 0.29) is 6.54 Å². The van der Waals surface area contributed by atoms with Crippen molar-refractivity contribution in [3.05, 3.63) is 23.8 Å². The number of nitrogen functional groups attached to an aromatic ring is 1. The maximum atomic E-state index is 12.4. The van der Waals surface area contributed by atoms with E-state index < -0.39 is 12.7 Å². The highest BCUT2D eigenvalue weighted by molar-refractivity contribution is 7.22. The quantitative estimate of drug-likeness (QED) is 0.939. The van der Waals surface area contributed by atoms with Gasteiger partial charge in [-0.1, -0.05) is 24.3 Å². The largest absolute Gasteiger partial charge is 0.401 e. The summed E-state index contributed by atoms with van der Waals surface area (Å²) in [5.41, 5.74) is 7.22. The summed E-state index contributed by atoms with van der Waals surface area (Å²) in [6.45, 7) is 1.44. The SMILES string of the molecule is CCN(Cc1ccc2nc(N)sc2c1)CC(F)(F)F. The lowest BCUT2D eigenvalue weighted by molar-refractivity contribution is -0.146. The van der Waals surface area contributed by atoms with Crippen LogP contribution in [0.15, 0.2) is 18.2 Å². The van der Waals surface area contributed by atoms with E-state index in [1.54, 1.807) is 19.1 Å². The third-order valence-electron chi connectivity index (χ3n) is 2.73. The highest BCUT2D eigenvalue weighted by Gasteiger charge is 2.30. The Kier molecular flexibility index (Phi) is 3.96. The third kappa shape index (κ3) is 3.81. The van der Waals surface area contributed by atoms with Gasteiger partial charge in [0.1, 0.15) is 0 Å². The number of halogens is 3. The summed E-state index contributed by atoms with van der Waals surface area (Å²) in [6, 6.07) is 5.43. The zero-order chi connectivity index (χ0) is 14.0. The molecule has 7 heteroatoms. The first-order chi connectivity index (χ1) is 8.87. The van der Waals surface area contributed by atoms with Gasteiger partial charge in [0.25, 0.3) is 0 Å². The number of rotatable bonds is 4. The number of hydrogen-bond donors (Lipinski definition) is 1. The zero-order valence-corrected chi connectivity index (χ0v) is 11.2. The molecule has 0 aliphatic carbocycles. The van der Waals surface area contributed by atoms with Gasteiger partial charge in [-0.2, -0.15) is 13.2 Å². The lowest BCUT2D eigenvalue weighted by Gasteiger charge is -2.21. The molecular weight excluding hydrogens is 275 g/mol. The van der Waals surface area contributed by atoms with E-state index in [2.05, 4.69) is 4.98 Å². The maximum Gasteiger partial charge on any atom is 0.401 e. The smallest absolute Gasteiger partial charge is 0.375 e. The minimum Gasteiger partial charge on any atom is -0.375 e. The molecule has 0 saturated carbocycles. The summed E-state index contributed by atoms with van der Waals surface area (Å²) in [5.74, 6) is 0. The van der Waals surface area contributed by atoms with Crippen molar-refractivity contribution < 1.29 is 13.2 Å². The first kappa shape index (κ1) is 14.1. The van der Waals surface area contributed by atoms with Crippen LogP contribution in [0.1, 0.15) is 12.5 Å². The Morgan fingerprint density at radius 2 is 2.11 bits per heavy atom. The molecule has 0 spiro atoms. The molecule has 0 radical (unpaired) electrons. The van der Waals surface area contributed by atoms with E-state index in [1.807, 2.05) is 6.07 Å². The predicted octanol–water partition coefficient (Wildman–Crippen LogP) is 3.26. The van der Waals surface area contributed by atoms with Gasteiger partial charge in [-0.15, -0.1) is 0 Å². The molecule has 0 unspecified atom stereocenters.